The highest BCUT2D eigenvalue weighted by Gasteiger charge is 2.35. The van der Waals surface area contributed by atoms with Crippen molar-refractivity contribution < 1.29 is 22.8 Å². The molecule has 0 bridgehead atoms. The Balaban J connectivity index is 2.13. The van der Waals surface area contributed by atoms with Crippen molar-refractivity contribution in [3.63, 3.8) is 0 Å². The molecule has 114 valence electrons. The van der Waals surface area contributed by atoms with Crippen LogP contribution in [0.2, 0.25) is 0 Å². The fourth-order valence-corrected chi connectivity index (χ4v) is 2.04. The van der Waals surface area contributed by atoms with Crippen molar-refractivity contribution in [2.45, 2.75) is 13.1 Å². The van der Waals surface area contributed by atoms with Crippen molar-refractivity contribution in [1.29, 1.82) is 0 Å². The van der Waals surface area contributed by atoms with Crippen molar-refractivity contribution >= 4 is 17.7 Å². The molecule has 21 heavy (non-hydrogen) atoms. The molecule has 1 aliphatic heterocycles. The summed E-state index contributed by atoms with van der Waals surface area (Å²) in [5.41, 5.74) is -0.446. The molecular formula is C13H14F3N3O2. The zero-order valence-electron chi connectivity index (χ0n) is 11.3. The second kappa shape index (κ2) is 5.63. The molecule has 0 aliphatic carbocycles. The topological polar surface area (TPSA) is 52.7 Å². The van der Waals surface area contributed by atoms with Gasteiger partial charge in [-0.25, -0.2) is 14.5 Å². The van der Waals surface area contributed by atoms with Gasteiger partial charge in [-0.3, -0.25) is 4.90 Å². The van der Waals surface area contributed by atoms with E-state index in [1.165, 1.54) is 17.0 Å². The Hall–Kier alpha value is -2.25. The third-order valence-electron chi connectivity index (χ3n) is 3.09. The number of urea groups is 2. The molecule has 1 N–H and O–H groups in total. The van der Waals surface area contributed by atoms with Crippen LogP contribution in [-0.4, -0.2) is 36.6 Å². The van der Waals surface area contributed by atoms with Crippen molar-refractivity contribution in [2.24, 2.45) is 0 Å². The molecule has 1 aromatic rings. The molecule has 0 aromatic heterocycles. The van der Waals surface area contributed by atoms with E-state index in [0.717, 1.165) is 17.0 Å². The maximum Gasteiger partial charge on any atom is 0.416 e. The number of carbonyl (C=O) groups is 2. The molecule has 1 fully saturated rings. The summed E-state index contributed by atoms with van der Waals surface area (Å²) >= 11 is 0. The van der Waals surface area contributed by atoms with Crippen molar-refractivity contribution in [3.8, 4) is 0 Å². The number of imide groups is 1. The van der Waals surface area contributed by atoms with E-state index in [2.05, 4.69) is 5.32 Å². The lowest BCUT2D eigenvalue weighted by Gasteiger charge is -2.18. The Labute approximate surface area is 119 Å². The lowest BCUT2D eigenvalue weighted by molar-refractivity contribution is -0.137. The van der Waals surface area contributed by atoms with Crippen LogP contribution in [-0.2, 0) is 6.18 Å². The smallest absolute Gasteiger partial charge is 0.338 e. The molecular weight excluding hydrogens is 287 g/mol. The lowest BCUT2D eigenvalue weighted by atomic mass is 10.2. The first-order valence-electron chi connectivity index (χ1n) is 6.38. The van der Waals surface area contributed by atoms with E-state index < -0.39 is 23.8 Å². The number of hydrogen-bond acceptors (Lipinski definition) is 2. The monoisotopic (exact) mass is 301 g/mol. The molecule has 4 amide bonds. The summed E-state index contributed by atoms with van der Waals surface area (Å²) in [6.07, 6.45) is -4.42. The number of carbonyl (C=O) groups excluding carboxylic acids is 2. The Morgan fingerprint density at radius 3 is 2.38 bits per heavy atom. The molecule has 1 aromatic carbocycles. The van der Waals surface area contributed by atoms with Crippen molar-refractivity contribution in [3.05, 3.63) is 29.8 Å². The largest absolute Gasteiger partial charge is 0.416 e. The quantitative estimate of drug-likeness (QED) is 0.913. The number of anilines is 1. The fourth-order valence-electron chi connectivity index (χ4n) is 2.04. The van der Waals surface area contributed by atoms with E-state index in [0.29, 0.717) is 12.2 Å². The Bertz CT molecular complexity index is 543. The summed E-state index contributed by atoms with van der Waals surface area (Å²) in [6, 6.07) is 3.23. The number of benzene rings is 1. The normalized spacial score (nSPS) is 15.5. The third-order valence-corrected chi connectivity index (χ3v) is 3.09. The van der Waals surface area contributed by atoms with E-state index in [1.807, 2.05) is 0 Å². The summed E-state index contributed by atoms with van der Waals surface area (Å²) in [6.45, 7) is 2.57. The van der Waals surface area contributed by atoms with Crippen LogP contribution in [0, 0.1) is 0 Å². The van der Waals surface area contributed by atoms with E-state index in [4.69, 9.17) is 0 Å². The highest BCUT2D eigenvalue weighted by Crippen LogP contribution is 2.31. The molecule has 1 heterocycles. The van der Waals surface area contributed by atoms with Gasteiger partial charge in [-0.05, 0) is 31.2 Å². The van der Waals surface area contributed by atoms with Gasteiger partial charge in [0, 0.05) is 18.8 Å². The summed E-state index contributed by atoms with van der Waals surface area (Å²) in [5, 5.41) is 2.51. The SMILES string of the molecule is CCNC(=O)N1CCN(c2ccc(C(F)(F)F)cc2)C1=O. The molecule has 1 aliphatic rings. The van der Waals surface area contributed by atoms with E-state index in [9.17, 15) is 22.8 Å². The van der Waals surface area contributed by atoms with Gasteiger partial charge in [0.2, 0.25) is 0 Å². The van der Waals surface area contributed by atoms with Gasteiger partial charge in [-0.1, -0.05) is 0 Å². The Morgan fingerprint density at radius 1 is 1.24 bits per heavy atom. The zero-order valence-corrected chi connectivity index (χ0v) is 11.3. The number of nitrogens with zero attached hydrogens (tertiary/aromatic N) is 2. The first-order chi connectivity index (χ1) is 9.84. The molecule has 5 nitrogen and oxygen atoms in total. The van der Waals surface area contributed by atoms with Crippen LogP contribution < -0.4 is 10.2 Å². The summed E-state index contributed by atoms with van der Waals surface area (Å²) < 4.78 is 37.5. The van der Waals surface area contributed by atoms with Gasteiger partial charge < -0.3 is 5.32 Å². The molecule has 1 saturated heterocycles. The van der Waals surface area contributed by atoms with Crippen LogP contribution in [0.1, 0.15) is 12.5 Å². The van der Waals surface area contributed by atoms with Gasteiger partial charge in [0.15, 0.2) is 0 Å². The van der Waals surface area contributed by atoms with Crippen LogP contribution in [0.5, 0.6) is 0 Å². The van der Waals surface area contributed by atoms with Crippen molar-refractivity contribution in [2.75, 3.05) is 24.5 Å². The minimum Gasteiger partial charge on any atom is -0.338 e. The van der Waals surface area contributed by atoms with Gasteiger partial charge in [0.05, 0.1) is 12.1 Å². The van der Waals surface area contributed by atoms with Crippen LogP contribution >= 0.6 is 0 Å². The number of rotatable bonds is 2. The number of halogens is 3. The number of hydrogen-bond donors (Lipinski definition) is 1. The highest BCUT2D eigenvalue weighted by atomic mass is 19.4. The van der Waals surface area contributed by atoms with E-state index in [-0.39, 0.29) is 13.1 Å². The van der Waals surface area contributed by atoms with Gasteiger partial charge in [0.25, 0.3) is 0 Å². The summed E-state index contributed by atoms with van der Waals surface area (Å²) in [7, 11) is 0. The molecule has 0 spiro atoms. The predicted molar refractivity (Wildman–Crippen MR) is 70.0 cm³/mol. The maximum atomic E-state index is 12.5. The average molecular weight is 301 g/mol. The van der Waals surface area contributed by atoms with Crippen molar-refractivity contribution in [1.82, 2.24) is 10.2 Å². The van der Waals surface area contributed by atoms with Gasteiger partial charge in [-0.2, -0.15) is 13.2 Å². The lowest BCUT2D eigenvalue weighted by Crippen LogP contribution is -2.42. The van der Waals surface area contributed by atoms with Crippen LogP contribution in [0.15, 0.2) is 24.3 Å². The third kappa shape index (κ3) is 3.09. The Morgan fingerprint density at radius 2 is 1.86 bits per heavy atom. The van der Waals surface area contributed by atoms with Crippen LogP contribution in [0.25, 0.3) is 0 Å². The summed E-state index contributed by atoms with van der Waals surface area (Å²) in [5.74, 6) is 0. The van der Waals surface area contributed by atoms with Gasteiger partial charge >= 0.3 is 18.2 Å². The second-order valence-corrected chi connectivity index (χ2v) is 4.47. The minimum absolute atomic E-state index is 0.200. The predicted octanol–water partition coefficient (Wildman–Crippen LogP) is 2.68. The molecule has 0 unspecified atom stereocenters. The number of nitrogens with one attached hydrogen (secondary N) is 1. The fraction of sp³-hybridized carbons (Fsp3) is 0.385. The number of amides is 4. The molecule has 8 heteroatoms. The van der Waals surface area contributed by atoms with Crippen LogP contribution in [0.4, 0.5) is 28.4 Å². The molecule has 0 saturated carbocycles. The molecule has 2 rings (SSSR count). The Kier molecular flexibility index (Phi) is 4.06. The maximum absolute atomic E-state index is 12.5. The molecule has 0 radical (unpaired) electrons. The van der Waals surface area contributed by atoms with E-state index >= 15 is 0 Å². The summed E-state index contributed by atoms with van der Waals surface area (Å²) in [4.78, 5) is 26.0. The van der Waals surface area contributed by atoms with Crippen LogP contribution in [0.3, 0.4) is 0 Å². The van der Waals surface area contributed by atoms with Gasteiger partial charge in [-0.15, -0.1) is 0 Å². The average Bonchev–Trinajstić information content (AvgIpc) is 2.80. The minimum atomic E-state index is -4.42. The van der Waals surface area contributed by atoms with Gasteiger partial charge in [0.1, 0.15) is 0 Å². The molecule has 0 atom stereocenters. The zero-order chi connectivity index (χ0) is 15.6. The second-order valence-electron chi connectivity index (χ2n) is 4.47. The highest BCUT2D eigenvalue weighted by molar-refractivity contribution is 6.04. The number of alkyl halides is 3. The van der Waals surface area contributed by atoms with E-state index in [1.54, 1.807) is 6.92 Å². The first-order valence-corrected chi connectivity index (χ1v) is 6.38. The first kappa shape index (κ1) is 15.1. The standard InChI is InChI=1S/C13H14F3N3O2/c1-2-17-11(20)19-8-7-18(12(19)21)10-5-3-9(4-6-10)13(14,15)16/h3-6H,2,7-8H2,1H3,(H,17,20).